The molecule has 1 aromatic carbocycles. The SMILES string of the molecule is N#Cc1ccc(NS(=O)(=O)c2cccnc2N)c(Cl)c1. The van der Waals surface area contributed by atoms with Crippen molar-refractivity contribution in [2.75, 3.05) is 10.5 Å². The summed E-state index contributed by atoms with van der Waals surface area (Å²) >= 11 is 5.92. The van der Waals surface area contributed by atoms with E-state index in [4.69, 9.17) is 22.6 Å². The van der Waals surface area contributed by atoms with Gasteiger partial charge in [-0.2, -0.15) is 5.26 Å². The maximum absolute atomic E-state index is 12.2. The Labute approximate surface area is 120 Å². The Bertz CT molecular complexity index is 799. The standard InChI is InChI=1S/C12H9ClN4O2S/c13-9-6-8(7-14)3-4-10(9)17-20(18,19)11-2-1-5-16-12(11)15/h1-6,17H,(H2,15,16). The van der Waals surface area contributed by atoms with Gasteiger partial charge in [-0.15, -0.1) is 0 Å². The fourth-order valence-corrected chi connectivity index (χ4v) is 2.94. The number of pyridine rings is 1. The first-order chi connectivity index (χ1) is 9.44. The minimum atomic E-state index is -3.89. The molecule has 0 unspecified atom stereocenters. The molecule has 3 N–H and O–H groups in total. The molecule has 20 heavy (non-hydrogen) atoms. The predicted molar refractivity (Wildman–Crippen MR) is 75.6 cm³/mol. The van der Waals surface area contributed by atoms with E-state index < -0.39 is 10.0 Å². The molecule has 0 aliphatic carbocycles. The van der Waals surface area contributed by atoms with Gasteiger partial charge in [0.05, 0.1) is 22.3 Å². The lowest BCUT2D eigenvalue weighted by Gasteiger charge is -2.10. The summed E-state index contributed by atoms with van der Waals surface area (Å²) in [5, 5.41) is 8.85. The zero-order chi connectivity index (χ0) is 14.8. The van der Waals surface area contributed by atoms with Crippen molar-refractivity contribution >= 4 is 33.1 Å². The Kier molecular flexibility index (Phi) is 3.79. The normalized spacial score (nSPS) is 10.8. The predicted octanol–water partition coefficient (Wildman–Crippen LogP) is 1.99. The van der Waals surface area contributed by atoms with Crippen LogP contribution in [0.1, 0.15) is 5.56 Å². The van der Waals surface area contributed by atoms with Crippen LogP contribution in [0.15, 0.2) is 41.4 Å². The number of nitrogens with one attached hydrogen (secondary N) is 1. The highest BCUT2D eigenvalue weighted by Gasteiger charge is 2.19. The number of aromatic nitrogens is 1. The van der Waals surface area contributed by atoms with Crippen LogP contribution in [0.2, 0.25) is 5.02 Å². The number of hydrogen-bond donors (Lipinski definition) is 2. The minimum Gasteiger partial charge on any atom is -0.383 e. The molecule has 0 atom stereocenters. The molecule has 0 radical (unpaired) electrons. The highest BCUT2D eigenvalue weighted by molar-refractivity contribution is 7.92. The molecular weight excluding hydrogens is 300 g/mol. The van der Waals surface area contributed by atoms with Crippen LogP contribution in [0.5, 0.6) is 0 Å². The Morgan fingerprint density at radius 2 is 2.10 bits per heavy atom. The highest BCUT2D eigenvalue weighted by atomic mass is 35.5. The largest absolute Gasteiger partial charge is 0.383 e. The maximum Gasteiger partial charge on any atom is 0.265 e. The molecule has 0 aliphatic heterocycles. The number of halogens is 1. The number of rotatable bonds is 3. The third-order valence-corrected chi connectivity index (χ3v) is 4.16. The van der Waals surface area contributed by atoms with Gasteiger partial charge >= 0.3 is 0 Å². The topological polar surface area (TPSA) is 109 Å². The first kappa shape index (κ1) is 14.1. The van der Waals surface area contributed by atoms with E-state index in [0.29, 0.717) is 5.56 Å². The van der Waals surface area contributed by atoms with Gasteiger partial charge in [0.25, 0.3) is 10.0 Å². The van der Waals surface area contributed by atoms with Gasteiger partial charge in [-0.05, 0) is 30.3 Å². The number of anilines is 2. The van der Waals surface area contributed by atoms with Crippen LogP contribution in [-0.2, 0) is 10.0 Å². The summed E-state index contributed by atoms with van der Waals surface area (Å²) in [6.07, 6.45) is 1.39. The van der Waals surface area contributed by atoms with E-state index in [1.807, 2.05) is 6.07 Å². The fourth-order valence-electron chi connectivity index (χ4n) is 1.50. The van der Waals surface area contributed by atoms with E-state index in [1.165, 1.54) is 36.5 Å². The Hall–Kier alpha value is -2.30. The number of nitrogens with two attached hydrogens (primary N) is 1. The van der Waals surface area contributed by atoms with Gasteiger partial charge in [0.2, 0.25) is 0 Å². The van der Waals surface area contributed by atoms with E-state index in [2.05, 4.69) is 9.71 Å². The van der Waals surface area contributed by atoms with Crippen molar-refractivity contribution in [3.05, 3.63) is 47.1 Å². The lowest BCUT2D eigenvalue weighted by molar-refractivity contribution is 0.601. The molecule has 0 aliphatic rings. The van der Waals surface area contributed by atoms with E-state index >= 15 is 0 Å². The molecule has 102 valence electrons. The fraction of sp³-hybridized carbons (Fsp3) is 0. The van der Waals surface area contributed by atoms with Gasteiger partial charge in [-0.1, -0.05) is 11.6 Å². The Morgan fingerprint density at radius 3 is 2.70 bits per heavy atom. The van der Waals surface area contributed by atoms with Gasteiger partial charge in [0, 0.05) is 6.20 Å². The summed E-state index contributed by atoms with van der Waals surface area (Å²) in [5.74, 6) is -0.107. The summed E-state index contributed by atoms with van der Waals surface area (Å²) in [6.45, 7) is 0. The average molecular weight is 309 g/mol. The molecule has 0 saturated heterocycles. The van der Waals surface area contributed by atoms with Crippen LogP contribution >= 0.6 is 11.6 Å². The lowest BCUT2D eigenvalue weighted by Crippen LogP contribution is -2.15. The zero-order valence-corrected chi connectivity index (χ0v) is 11.6. The molecule has 1 aromatic heterocycles. The highest BCUT2D eigenvalue weighted by Crippen LogP contribution is 2.26. The summed E-state index contributed by atoms with van der Waals surface area (Å²) in [4.78, 5) is 3.58. The van der Waals surface area contributed by atoms with Gasteiger partial charge < -0.3 is 5.73 Å². The van der Waals surface area contributed by atoms with Gasteiger partial charge in [0.15, 0.2) is 0 Å². The quantitative estimate of drug-likeness (QED) is 0.901. The second-order valence-electron chi connectivity index (χ2n) is 3.80. The average Bonchev–Trinajstić information content (AvgIpc) is 2.41. The van der Waals surface area contributed by atoms with Crippen molar-refractivity contribution in [1.82, 2.24) is 4.98 Å². The summed E-state index contributed by atoms with van der Waals surface area (Å²) in [7, 11) is -3.89. The van der Waals surface area contributed by atoms with Crippen LogP contribution < -0.4 is 10.5 Å². The van der Waals surface area contributed by atoms with Crippen molar-refractivity contribution in [3.8, 4) is 6.07 Å². The molecular formula is C12H9ClN4O2S. The second kappa shape index (κ2) is 5.36. The molecule has 2 rings (SSSR count). The molecule has 6 nitrogen and oxygen atoms in total. The Morgan fingerprint density at radius 1 is 1.35 bits per heavy atom. The van der Waals surface area contributed by atoms with Crippen LogP contribution in [0.4, 0.5) is 11.5 Å². The summed E-state index contributed by atoms with van der Waals surface area (Å²) in [6, 6.07) is 8.94. The van der Waals surface area contributed by atoms with E-state index in [1.54, 1.807) is 0 Å². The Balaban J connectivity index is 2.40. The third-order valence-electron chi connectivity index (χ3n) is 2.43. The van der Waals surface area contributed by atoms with Crippen molar-refractivity contribution in [2.45, 2.75) is 4.90 Å². The minimum absolute atomic E-state index is 0.107. The smallest absolute Gasteiger partial charge is 0.265 e. The van der Waals surface area contributed by atoms with Crippen molar-refractivity contribution in [1.29, 1.82) is 5.26 Å². The van der Waals surface area contributed by atoms with Gasteiger partial charge in [-0.25, -0.2) is 13.4 Å². The number of hydrogen-bond acceptors (Lipinski definition) is 5. The van der Waals surface area contributed by atoms with Gasteiger partial charge in [-0.3, -0.25) is 4.72 Å². The number of sulfonamides is 1. The van der Waals surface area contributed by atoms with Gasteiger partial charge in [0.1, 0.15) is 10.7 Å². The van der Waals surface area contributed by atoms with Crippen molar-refractivity contribution in [3.63, 3.8) is 0 Å². The first-order valence-corrected chi connectivity index (χ1v) is 7.23. The summed E-state index contributed by atoms with van der Waals surface area (Å²) in [5.41, 5.74) is 6.03. The zero-order valence-electron chi connectivity index (χ0n) is 10.0. The number of benzene rings is 1. The molecule has 8 heteroatoms. The van der Waals surface area contributed by atoms with Crippen LogP contribution in [0, 0.1) is 11.3 Å². The van der Waals surface area contributed by atoms with Crippen molar-refractivity contribution in [2.24, 2.45) is 0 Å². The molecule has 0 spiro atoms. The van der Waals surface area contributed by atoms with Crippen LogP contribution in [0.3, 0.4) is 0 Å². The molecule has 0 saturated carbocycles. The van der Waals surface area contributed by atoms with Crippen LogP contribution in [-0.4, -0.2) is 13.4 Å². The second-order valence-corrected chi connectivity index (χ2v) is 5.86. The molecule has 1 heterocycles. The maximum atomic E-state index is 12.2. The third kappa shape index (κ3) is 2.82. The first-order valence-electron chi connectivity index (χ1n) is 5.37. The monoisotopic (exact) mass is 308 g/mol. The summed E-state index contributed by atoms with van der Waals surface area (Å²) < 4.78 is 26.7. The van der Waals surface area contributed by atoms with Crippen molar-refractivity contribution < 1.29 is 8.42 Å². The van der Waals surface area contributed by atoms with E-state index in [-0.39, 0.29) is 21.4 Å². The lowest BCUT2D eigenvalue weighted by atomic mass is 10.2. The molecule has 0 amide bonds. The molecule has 0 bridgehead atoms. The number of nitrogen functional groups attached to an aromatic ring is 1. The van der Waals surface area contributed by atoms with E-state index in [0.717, 1.165) is 0 Å². The molecule has 2 aromatic rings. The van der Waals surface area contributed by atoms with E-state index in [9.17, 15) is 8.42 Å². The van der Waals surface area contributed by atoms with Crippen LogP contribution in [0.25, 0.3) is 0 Å². The molecule has 0 fully saturated rings. The number of nitriles is 1. The number of nitrogens with zero attached hydrogens (tertiary/aromatic N) is 2.